The van der Waals surface area contributed by atoms with Crippen LogP contribution in [-0.2, 0) is 28.5 Å². The van der Waals surface area contributed by atoms with Crippen LogP contribution in [-0.4, -0.2) is 91.2 Å². The lowest BCUT2D eigenvalue weighted by atomic mass is 10.0. The Balaban J connectivity index is 1.24. The second-order valence-corrected chi connectivity index (χ2v) is 12.3. The van der Waals surface area contributed by atoms with E-state index in [2.05, 4.69) is 15.3 Å². The number of rotatable bonds is 23. The number of ether oxygens (including phenoxy) is 4. The molecule has 0 unspecified atom stereocenters. The van der Waals surface area contributed by atoms with Gasteiger partial charge in [0.25, 0.3) is 5.56 Å². The minimum Gasteiger partial charge on any atom is -0.379 e. The van der Waals surface area contributed by atoms with E-state index in [1.54, 1.807) is 33.6 Å². The van der Waals surface area contributed by atoms with E-state index in [-0.39, 0.29) is 47.9 Å². The first-order valence-electron chi connectivity index (χ1n) is 17.7. The van der Waals surface area contributed by atoms with Crippen LogP contribution >= 0.6 is 0 Å². The molecule has 0 radical (unpaired) electrons. The Bertz CT molecular complexity index is 1930. The minimum atomic E-state index is -0.386. The van der Waals surface area contributed by atoms with Gasteiger partial charge in [-0.05, 0) is 69.2 Å². The molecule has 2 aromatic heterocycles. The van der Waals surface area contributed by atoms with Crippen molar-refractivity contribution in [2.24, 2.45) is 0 Å². The van der Waals surface area contributed by atoms with Gasteiger partial charge in [-0.3, -0.25) is 19.0 Å². The van der Waals surface area contributed by atoms with Gasteiger partial charge in [0.2, 0.25) is 5.91 Å². The minimum absolute atomic E-state index is 0.0131. The van der Waals surface area contributed by atoms with Crippen LogP contribution in [0.25, 0.3) is 27.5 Å². The number of benzene rings is 2. The van der Waals surface area contributed by atoms with Crippen molar-refractivity contribution in [3.63, 3.8) is 0 Å². The summed E-state index contributed by atoms with van der Waals surface area (Å²) in [5.74, 6) is -0.457. The Kier molecular flexibility index (Phi) is 16.3. The van der Waals surface area contributed by atoms with E-state index < -0.39 is 0 Å². The van der Waals surface area contributed by atoms with Crippen LogP contribution in [0.1, 0.15) is 54.2 Å². The molecule has 53 heavy (non-hydrogen) atoms. The Morgan fingerprint density at radius 2 is 1.45 bits per heavy atom. The highest BCUT2D eigenvalue weighted by Crippen LogP contribution is 2.28. The summed E-state index contributed by atoms with van der Waals surface area (Å²) in [5, 5.41) is 7.21. The predicted molar refractivity (Wildman–Crippen MR) is 200 cm³/mol. The van der Waals surface area contributed by atoms with E-state index in [1.807, 2.05) is 56.3 Å². The molecule has 2 aromatic carbocycles. The number of amides is 1. The number of ketones is 2. The maximum Gasteiger partial charge on any atom is 0.266 e. The lowest BCUT2D eigenvalue weighted by molar-refractivity contribution is -0.124. The average Bonchev–Trinajstić information content (AvgIpc) is 3.63. The Hall–Kier alpha value is -5.26. The van der Waals surface area contributed by atoms with Crippen molar-refractivity contribution >= 4 is 23.2 Å². The van der Waals surface area contributed by atoms with Crippen LogP contribution in [0.15, 0.2) is 71.7 Å². The van der Waals surface area contributed by atoms with Crippen LogP contribution in [0.3, 0.4) is 0 Å². The zero-order valence-corrected chi connectivity index (χ0v) is 30.6. The zero-order chi connectivity index (χ0) is 38.0. The highest BCUT2D eigenvalue weighted by molar-refractivity contribution is 5.97. The topological polar surface area (TPSA) is 144 Å². The van der Waals surface area contributed by atoms with Crippen molar-refractivity contribution in [1.29, 1.82) is 0 Å². The second kappa shape index (κ2) is 21.3. The van der Waals surface area contributed by atoms with E-state index in [1.165, 1.54) is 6.92 Å². The van der Waals surface area contributed by atoms with Crippen molar-refractivity contribution < 1.29 is 33.3 Å². The van der Waals surface area contributed by atoms with Gasteiger partial charge in [0.05, 0.1) is 76.0 Å². The summed E-state index contributed by atoms with van der Waals surface area (Å²) in [5.41, 5.74) is 4.67. The van der Waals surface area contributed by atoms with Crippen molar-refractivity contribution in [1.82, 2.24) is 19.7 Å². The number of hydrogen-bond donors (Lipinski definition) is 1. The van der Waals surface area contributed by atoms with Gasteiger partial charge in [-0.2, -0.15) is 5.10 Å². The number of carbonyl (C=O) groups is 3. The second-order valence-electron chi connectivity index (χ2n) is 12.3. The number of nitrogens with one attached hydrogen (secondary N) is 1. The Labute approximate surface area is 309 Å². The fourth-order valence-electron chi connectivity index (χ4n) is 5.49. The molecule has 0 aliphatic carbocycles. The Morgan fingerprint density at radius 1 is 0.792 bits per heavy atom. The summed E-state index contributed by atoms with van der Waals surface area (Å²) < 4.78 is 25.4. The number of aromatic nitrogens is 3. The molecule has 4 aromatic rings. The van der Waals surface area contributed by atoms with Crippen LogP contribution in [0.4, 0.5) is 5.69 Å². The molecule has 280 valence electrons. The molecule has 0 bridgehead atoms. The largest absolute Gasteiger partial charge is 0.379 e. The highest BCUT2D eigenvalue weighted by atomic mass is 16.6. The van der Waals surface area contributed by atoms with Crippen LogP contribution in [0, 0.1) is 20.4 Å². The molecule has 13 nitrogen and oxygen atoms in total. The predicted octanol–water partition coefficient (Wildman–Crippen LogP) is 5.37. The van der Waals surface area contributed by atoms with Gasteiger partial charge < -0.3 is 29.1 Å². The molecular weight excluding hydrogens is 678 g/mol. The average molecular weight is 726 g/mol. The number of aryl methyl sites for hydroxylation is 1. The number of carbonyl (C=O) groups excluding carboxylic acids is 3. The molecule has 1 amide bonds. The maximum absolute atomic E-state index is 13.9. The number of Topliss-reactive ketones (excluding diaryl/α,β-unsaturated/α-hetero) is 2. The summed E-state index contributed by atoms with van der Waals surface area (Å²) in [4.78, 5) is 53.4. The summed E-state index contributed by atoms with van der Waals surface area (Å²) in [6.45, 7) is 15.9. The summed E-state index contributed by atoms with van der Waals surface area (Å²) in [6, 6.07) is 18.2. The lowest BCUT2D eigenvalue weighted by Crippen LogP contribution is -2.28. The van der Waals surface area contributed by atoms with E-state index >= 15 is 0 Å². The molecule has 13 heteroatoms. The first kappa shape index (κ1) is 40.5. The maximum atomic E-state index is 13.9. The smallest absolute Gasteiger partial charge is 0.266 e. The number of hydrogen-bond acceptors (Lipinski definition) is 9. The lowest BCUT2D eigenvalue weighted by Gasteiger charge is -2.18. The first-order chi connectivity index (χ1) is 25.7. The normalized spacial score (nSPS) is 11.0. The molecule has 0 aliphatic rings. The van der Waals surface area contributed by atoms with Gasteiger partial charge in [-0.15, -0.1) is 0 Å². The van der Waals surface area contributed by atoms with Gasteiger partial charge in [0, 0.05) is 49.4 Å². The third-order valence-corrected chi connectivity index (χ3v) is 8.23. The van der Waals surface area contributed by atoms with Crippen LogP contribution in [0.2, 0.25) is 0 Å². The van der Waals surface area contributed by atoms with Gasteiger partial charge in [-0.1, -0.05) is 24.3 Å². The summed E-state index contributed by atoms with van der Waals surface area (Å²) >= 11 is 0. The third kappa shape index (κ3) is 12.4. The molecule has 0 spiro atoms. The van der Waals surface area contributed by atoms with E-state index in [4.69, 9.17) is 25.5 Å². The summed E-state index contributed by atoms with van der Waals surface area (Å²) in [6.07, 6.45) is 2.66. The van der Waals surface area contributed by atoms with Crippen molar-refractivity contribution in [2.75, 3.05) is 59.4 Å². The Morgan fingerprint density at radius 3 is 2.09 bits per heavy atom. The zero-order valence-electron chi connectivity index (χ0n) is 30.6. The van der Waals surface area contributed by atoms with Crippen molar-refractivity contribution in [2.45, 2.75) is 46.5 Å². The third-order valence-electron chi connectivity index (χ3n) is 8.23. The van der Waals surface area contributed by atoms with E-state index in [9.17, 15) is 19.2 Å². The molecule has 4 rings (SSSR count). The fourth-order valence-corrected chi connectivity index (χ4v) is 5.49. The molecule has 1 N–H and O–H groups in total. The number of nitrogens with zero attached hydrogens (tertiary/aromatic N) is 4. The summed E-state index contributed by atoms with van der Waals surface area (Å²) in [7, 11) is 0. The van der Waals surface area contributed by atoms with Gasteiger partial charge >= 0.3 is 0 Å². The molecular formula is C40H47N5O8. The van der Waals surface area contributed by atoms with Crippen molar-refractivity contribution in [3.8, 4) is 22.6 Å². The van der Waals surface area contributed by atoms with Gasteiger partial charge in [-0.25, -0.2) is 9.53 Å². The van der Waals surface area contributed by atoms with Crippen LogP contribution in [0.5, 0.6) is 0 Å². The molecule has 0 fully saturated rings. The standard InChI is InChI=1S/C40H47N5O8/c1-29-7-5-8-34(27-29)44-31(3)35(37-16-17-43-45(37)33-13-11-32(41-4)12-14-33)28-36(40(44)49)38(47)9-6-19-50-21-23-52-25-26-53-24-22-51-20-18-42-39(48)15-10-30(2)46/h5,7-8,11-14,16-17,27-28H,6,9-10,15,18-26H2,1-3H3,(H,42,48). The quantitative estimate of drug-likeness (QED) is 0.0606. The molecule has 2 heterocycles. The fraction of sp³-hybridized carbons (Fsp3) is 0.400. The molecule has 0 saturated carbocycles. The highest BCUT2D eigenvalue weighted by Gasteiger charge is 2.21. The molecule has 0 atom stereocenters. The number of pyridine rings is 1. The van der Waals surface area contributed by atoms with Crippen molar-refractivity contribution in [3.05, 3.63) is 105 Å². The van der Waals surface area contributed by atoms with E-state index in [0.29, 0.717) is 94.1 Å². The van der Waals surface area contributed by atoms with E-state index in [0.717, 1.165) is 11.3 Å². The van der Waals surface area contributed by atoms with Crippen LogP contribution < -0.4 is 10.9 Å². The SMILES string of the molecule is [C-]#[N+]c1ccc(-n2nccc2-c2cc(C(=O)CCCOCCOCCOCCOCCNC(=O)CCC(C)=O)c(=O)n(-c3cccc(C)c3)c2C)cc1. The monoisotopic (exact) mass is 725 g/mol. The molecule has 0 aliphatic heterocycles. The molecule has 0 saturated heterocycles. The van der Waals surface area contributed by atoms with Gasteiger partial charge in [0.1, 0.15) is 5.78 Å². The van der Waals surface area contributed by atoms with Gasteiger partial charge in [0.15, 0.2) is 11.5 Å². The first-order valence-corrected chi connectivity index (χ1v) is 17.7.